The number of carbonyl (C=O) groups excluding carboxylic acids is 4. The molecule has 2 unspecified atom stereocenters. The van der Waals surface area contributed by atoms with Crippen molar-refractivity contribution in [1.29, 1.82) is 0 Å². The number of ether oxygens (including phenoxy) is 2. The fourth-order valence-corrected chi connectivity index (χ4v) is 8.08. The van der Waals surface area contributed by atoms with Gasteiger partial charge in [-0.3, -0.25) is 29.1 Å². The molecule has 0 radical (unpaired) electrons. The number of amides is 1. The van der Waals surface area contributed by atoms with Crippen LogP contribution in [0.2, 0.25) is 0 Å². The third-order valence-electron chi connectivity index (χ3n) is 10.8. The Kier molecular flexibility index (Phi) is 13.1. The first-order valence-electron chi connectivity index (χ1n) is 20.8. The summed E-state index contributed by atoms with van der Waals surface area (Å²) in [5, 5.41) is 3.13. The number of benzene rings is 2. The number of hydrogen-bond acceptors (Lipinski definition) is 10. The molecular weight excluding hydrogens is 759 g/mol. The van der Waals surface area contributed by atoms with Crippen LogP contribution in [0.3, 0.4) is 0 Å². The number of hydrogen-bond donors (Lipinski definition) is 3. The maximum atomic E-state index is 13.8. The minimum atomic E-state index is -1.33. The second-order valence-corrected chi connectivity index (χ2v) is 19.7. The minimum absolute atomic E-state index is 0.119. The first-order valence-corrected chi connectivity index (χ1v) is 20.8. The second kappa shape index (κ2) is 17.3. The number of H-pyrrole nitrogens is 2. The quantitative estimate of drug-likeness (QED) is 0.0860. The van der Waals surface area contributed by atoms with E-state index >= 15 is 0 Å². The van der Waals surface area contributed by atoms with E-state index in [2.05, 4.69) is 36.1 Å². The smallest absolute Gasteiger partial charge is 0.303 e. The van der Waals surface area contributed by atoms with E-state index in [4.69, 9.17) is 29.4 Å². The van der Waals surface area contributed by atoms with Crippen LogP contribution < -0.4 is 5.32 Å². The molecule has 13 heteroatoms. The van der Waals surface area contributed by atoms with Gasteiger partial charge in [0, 0.05) is 37.3 Å². The maximum absolute atomic E-state index is 13.8. The van der Waals surface area contributed by atoms with Crippen LogP contribution in [0.4, 0.5) is 0 Å². The topological polar surface area (TPSA) is 182 Å². The molecule has 4 atom stereocenters. The number of ketones is 1. The SMILES string of the molecule is CC(=O)OC(C)(CC(C)C)C(=O)C[C@H](c1nc2ccc(-c3cnc(-c4ccc5nc([C@@H](NC(=O)C(C)(CC(C)C)OC(C)=O)C(C)(C)C)[nH]c5c4)cn3)cc2[nH]1)C(C)(C)C. The molecule has 0 spiro atoms. The van der Waals surface area contributed by atoms with E-state index < -0.39 is 34.6 Å². The first kappa shape index (κ1) is 45.6. The van der Waals surface area contributed by atoms with Gasteiger partial charge >= 0.3 is 11.9 Å². The average molecular weight is 822 g/mol. The molecule has 0 aliphatic heterocycles. The van der Waals surface area contributed by atoms with Crippen LogP contribution in [0.15, 0.2) is 48.8 Å². The highest BCUT2D eigenvalue weighted by Crippen LogP contribution is 2.40. The lowest BCUT2D eigenvalue weighted by Gasteiger charge is -2.35. The fraction of sp³-hybridized carbons (Fsp3) is 0.532. The van der Waals surface area contributed by atoms with Gasteiger partial charge in [0.2, 0.25) is 0 Å². The van der Waals surface area contributed by atoms with Crippen LogP contribution in [0.25, 0.3) is 44.6 Å². The standard InChI is InChI=1S/C47H63N7O6/c1-26(2)22-46(13,59-28(5)55)39(57)21-32(44(7,8)9)41-50-33-17-15-30(19-35(33)52-41)37-24-49-38(25-48-37)31-16-18-34-36(20-31)53-42(51-34)40(45(10,11)12)54-43(58)47(14,23-27(3)4)60-29(6)56/h15-20,24-27,32,40H,21-23H2,1-14H3,(H,50,52)(H,51,53)(H,54,58)/t32-,40-,46?,47?/m1/s1. The Morgan fingerprint density at radius 1 is 0.650 bits per heavy atom. The zero-order valence-corrected chi connectivity index (χ0v) is 37.8. The third-order valence-corrected chi connectivity index (χ3v) is 10.8. The summed E-state index contributed by atoms with van der Waals surface area (Å²) in [6, 6.07) is 11.2. The number of nitrogens with zero attached hydrogens (tertiary/aromatic N) is 4. The van der Waals surface area contributed by atoms with Gasteiger partial charge in [-0.05, 0) is 73.6 Å². The Labute approximate surface area is 353 Å². The van der Waals surface area contributed by atoms with E-state index in [-0.39, 0.29) is 41.3 Å². The van der Waals surface area contributed by atoms with Crippen molar-refractivity contribution in [3.8, 4) is 22.5 Å². The van der Waals surface area contributed by atoms with Crippen molar-refractivity contribution in [2.45, 2.75) is 139 Å². The molecule has 322 valence electrons. The van der Waals surface area contributed by atoms with Crippen LogP contribution in [-0.2, 0) is 28.7 Å². The maximum Gasteiger partial charge on any atom is 0.303 e. The van der Waals surface area contributed by atoms with Gasteiger partial charge in [0.25, 0.3) is 5.91 Å². The molecule has 60 heavy (non-hydrogen) atoms. The molecule has 5 rings (SSSR count). The summed E-state index contributed by atoms with van der Waals surface area (Å²) in [7, 11) is 0. The van der Waals surface area contributed by atoms with Gasteiger partial charge in [-0.25, -0.2) is 9.97 Å². The monoisotopic (exact) mass is 821 g/mol. The first-order chi connectivity index (χ1) is 27.8. The van der Waals surface area contributed by atoms with E-state index in [0.29, 0.717) is 35.9 Å². The molecule has 0 saturated heterocycles. The van der Waals surface area contributed by atoms with E-state index in [1.807, 2.05) is 84.9 Å². The predicted octanol–water partition coefficient (Wildman–Crippen LogP) is 9.59. The molecule has 0 bridgehead atoms. The number of Topliss-reactive ketones (excluding diaryl/α,β-unsaturated/α-hetero) is 1. The van der Waals surface area contributed by atoms with Crippen molar-refractivity contribution in [3.05, 3.63) is 60.4 Å². The molecule has 3 aromatic heterocycles. The van der Waals surface area contributed by atoms with Gasteiger partial charge in [0.05, 0.1) is 51.9 Å². The molecule has 0 saturated carbocycles. The average Bonchev–Trinajstić information content (AvgIpc) is 3.73. The van der Waals surface area contributed by atoms with Crippen LogP contribution in [0.5, 0.6) is 0 Å². The van der Waals surface area contributed by atoms with Crippen LogP contribution in [0.1, 0.15) is 140 Å². The van der Waals surface area contributed by atoms with E-state index in [0.717, 1.165) is 33.2 Å². The van der Waals surface area contributed by atoms with E-state index in [9.17, 15) is 19.2 Å². The molecule has 0 fully saturated rings. The highest BCUT2D eigenvalue weighted by molar-refractivity contribution is 5.90. The molecule has 3 N–H and O–H groups in total. The van der Waals surface area contributed by atoms with E-state index in [1.54, 1.807) is 26.2 Å². The number of imidazole rings is 2. The van der Waals surface area contributed by atoms with Gasteiger partial charge in [-0.1, -0.05) is 81.4 Å². The summed E-state index contributed by atoms with van der Waals surface area (Å²) >= 11 is 0. The third kappa shape index (κ3) is 10.6. The number of esters is 2. The summed E-state index contributed by atoms with van der Waals surface area (Å²) in [6.45, 7) is 26.3. The van der Waals surface area contributed by atoms with Crippen molar-refractivity contribution < 1.29 is 28.7 Å². The van der Waals surface area contributed by atoms with Gasteiger partial charge < -0.3 is 24.8 Å². The molecule has 1 amide bonds. The second-order valence-electron chi connectivity index (χ2n) is 19.7. The number of aromatic amines is 2. The fourth-order valence-electron chi connectivity index (χ4n) is 8.08. The molecule has 0 aliphatic carbocycles. The van der Waals surface area contributed by atoms with Crippen LogP contribution in [-0.4, -0.2) is 64.7 Å². The van der Waals surface area contributed by atoms with Crippen molar-refractivity contribution in [2.24, 2.45) is 22.7 Å². The number of fused-ring (bicyclic) bond motifs is 2. The summed E-state index contributed by atoms with van der Waals surface area (Å²) < 4.78 is 11.2. The molecule has 3 heterocycles. The number of rotatable bonds is 15. The Hall–Kier alpha value is -5.46. The minimum Gasteiger partial charge on any atom is -0.452 e. The Morgan fingerprint density at radius 2 is 1.10 bits per heavy atom. The summed E-state index contributed by atoms with van der Waals surface area (Å²) in [6.07, 6.45) is 4.44. The lowest BCUT2D eigenvalue weighted by molar-refractivity contribution is -0.167. The molecule has 5 aromatic rings. The molecule has 0 aliphatic rings. The number of nitrogens with one attached hydrogen (secondary N) is 3. The molecular formula is C47H63N7O6. The predicted molar refractivity (Wildman–Crippen MR) is 234 cm³/mol. The van der Waals surface area contributed by atoms with Gasteiger partial charge in [-0.2, -0.15) is 0 Å². The van der Waals surface area contributed by atoms with Crippen molar-refractivity contribution in [3.63, 3.8) is 0 Å². The number of carbonyl (C=O) groups is 4. The summed E-state index contributed by atoms with van der Waals surface area (Å²) in [4.78, 5) is 77.8. The highest BCUT2D eigenvalue weighted by atomic mass is 16.6. The van der Waals surface area contributed by atoms with Crippen molar-refractivity contribution in [1.82, 2.24) is 35.2 Å². The van der Waals surface area contributed by atoms with E-state index in [1.165, 1.54) is 13.8 Å². The highest BCUT2D eigenvalue weighted by Gasteiger charge is 2.43. The summed E-state index contributed by atoms with van der Waals surface area (Å²) in [5.41, 5.74) is 2.79. The molecule has 13 nitrogen and oxygen atoms in total. The van der Waals surface area contributed by atoms with Crippen LogP contribution in [0, 0.1) is 22.7 Å². The Bertz CT molecular complexity index is 2200. The normalized spacial score (nSPS) is 15.4. The van der Waals surface area contributed by atoms with Gasteiger partial charge in [0.1, 0.15) is 11.6 Å². The zero-order valence-electron chi connectivity index (χ0n) is 37.8. The van der Waals surface area contributed by atoms with Gasteiger partial charge in [0.15, 0.2) is 17.0 Å². The largest absolute Gasteiger partial charge is 0.452 e. The Morgan fingerprint density at radius 3 is 1.53 bits per heavy atom. The van der Waals surface area contributed by atoms with Crippen molar-refractivity contribution >= 4 is 45.7 Å². The lowest BCUT2D eigenvalue weighted by Crippen LogP contribution is -2.51. The number of aromatic nitrogens is 6. The summed E-state index contributed by atoms with van der Waals surface area (Å²) in [5.74, 6) is -0.200. The van der Waals surface area contributed by atoms with Gasteiger partial charge in [-0.15, -0.1) is 0 Å². The van der Waals surface area contributed by atoms with Crippen LogP contribution >= 0.6 is 0 Å². The lowest BCUT2D eigenvalue weighted by atomic mass is 9.74. The Balaban J connectivity index is 1.38. The zero-order chi connectivity index (χ0) is 44.5. The molecule has 2 aromatic carbocycles. The van der Waals surface area contributed by atoms with Crippen molar-refractivity contribution in [2.75, 3.05) is 0 Å².